The summed E-state index contributed by atoms with van der Waals surface area (Å²) in [5, 5.41) is 0.166. The Bertz CT molecular complexity index is 816. The molecule has 1 fully saturated rings. The van der Waals surface area contributed by atoms with Crippen LogP contribution in [0.5, 0.6) is 0 Å². The Morgan fingerprint density at radius 3 is 2.55 bits per heavy atom. The molecule has 3 heteroatoms. The van der Waals surface area contributed by atoms with Crippen LogP contribution in [0.4, 0.5) is 5.69 Å². The molecule has 0 N–H and O–H groups in total. The second kappa shape index (κ2) is 5.24. The smallest absolute Gasteiger partial charge is 0.0835 e. The SMILES string of the molecule is Cc1ccc([S@]2(=O)=Nc3ccccc3[C@@H]3CCCC[C@H]32)cc1. The van der Waals surface area contributed by atoms with Crippen LogP contribution in [-0.4, -0.2) is 9.46 Å². The fraction of sp³-hybridized carbons (Fsp3) is 0.368. The average Bonchev–Trinajstić information content (AvgIpc) is 2.56. The lowest BCUT2D eigenvalue weighted by Crippen LogP contribution is -2.33. The Kier molecular flexibility index (Phi) is 3.33. The first-order chi connectivity index (χ1) is 10.7. The molecule has 2 aromatic carbocycles. The topological polar surface area (TPSA) is 29.4 Å². The summed E-state index contributed by atoms with van der Waals surface area (Å²) in [6, 6.07) is 16.4. The fourth-order valence-corrected chi connectivity index (χ4v) is 6.68. The van der Waals surface area contributed by atoms with Crippen LogP contribution >= 0.6 is 0 Å². The normalized spacial score (nSPS) is 30.0. The van der Waals surface area contributed by atoms with Crippen molar-refractivity contribution < 1.29 is 4.21 Å². The van der Waals surface area contributed by atoms with Gasteiger partial charge in [0.05, 0.1) is 20.7 Å². The fourth-order valence-electron chi connectivity index (χ4n) is 3.89. The van der Waals surface area contributed by atoms with Crippen molar-refractivity contribution in [2.75, 3.05) is 0 Å². The third-order valence-electron chi connectivity index (χ3n) is 5.04. The Balaban J connectivity index is 1.95. The molecule has 0 saturated heterocycles. The Labute approximate surface area is 132 Å². The van der Waals surface area contributed by atoms with Crippen molar-refractivity contribution in [2.24, 2.45) is 4.36 Å². The van der Waals surface area contributed by atoms with Crippen molar-refractivity contribution in [1.82, 2.24) is 0 Å². The zero-order valence-corrected chi connectivity index (χ0v) is 13.7. The summed E-state index contributed by atoms with van der Waals surface area (Å²) in [6.45, 7) is 2.06. The molecule has 1 aliphatic carbocycles. The maximum absolute atomic E-state index is 13.9. The number of aryl methyl sites for hydroxylation is 1. The second-order valence-corrected chi connectivity index (χ2v) is 8.86. The molecule has 1 saturated carbocycles. The van der Waals surface area contributed by atoms with Gasteiger partial charge in [0.15, 0.2) is 0 Å². The van der Waals surface area contributed by atoms with Crippen molar-refractivity contribution in [1.29, 1.82) is 0 Å². The van der Waals surface area contributed by atoms with Crippen LogP contribution in [0, 0.1) is 6.92 Å². The summed E-state index contributed by atoms with van der Waals surface area (Å²) in [6.07, 6.45) is 4.57. The molecule has 2 aromatic rings. The molecule has 4 rings (SSSR count). The van der Waals surface area contributed by atoms with Crippen LogP contribution < -0.4 is 0 Å². The van der Waals surface area contributed by atoms with Gasteiger partial charge in [-0.2, -0.15) is 4.36 Å². The molecule has 0 amide bonds. The van der Waals surface area contributed by atoms with Gasteiger partial charge in [-0.3, -0.25) is 0 Å². The number of nitrogens with zero attached hydrogens (tertiary/aromatic N) is 1. The molecular formula is C19H21NOS. The van der Waals surface area contributed by atoms with Crippen LogP contribution in [0.1, 0.15) is 42.7 Å². The lowest BCUT2D eigenvalue weighted by Gasteiger charge is -2.37. The van der Waals surface area contributed by atoms with E-state index in [1.165, 1.54) is 24.0 Å². The van der Waals surface area contributed by atoms with Crippen LogP contribution in [0.15, 0.2) is 57.8 Å². The highest BCUT2D eigenvalue weighted by Gasteiger charge is 2.39. The van der Waals surface area contributed by atoms with Crippen molar-refractivity contribution in [3.63, 3.8) is 0 Å². The Morgan fingerprint density at radius 2 is 1.73 bits per heavy atom. The number of hydrogen-bond donors (Lipinski definition) is 0. The highest BCUT2D eigenvalue weighted by atomic mass is 32.2. The standard InChI is InChI=1S/C19H21NOS/c1-14-10-12-15(13-11-14)22(21)19-9-5-3-7-17(19)16-6-2-4-8-18(16)20-22/h2,4,6,8,10-13,17,19H,3,5,7,9H2,1H3/t17-,19+,22+/m0/s1. The van der Waals surface area contributed by atoms with Crippen LogP contribution in [0.3, 0.4) is 0 Å². The highest BCUT2D eigenvalue weighted by molar-refractivity contribution is 7.94. The van der Waals surface area contributed by atoms with Gasteiger partial charge in [0.1, 0.15) is 0 Å². The van der Waals surface area contributed by atoms with Gasteiger partial charge in [0, 0.05) is 10.8 Å². The van der Waals surface area contributed by atoms with Crippen molar-refractivity contribution in [3.05, 3.63) is 59.7 Å². The molecule has 0 radical (unpaired) electrons. The molecular weight excluding hydrogens is 290 g/mol. The molecule has 2 aliphatic rings. The first-order valence-corrected chi connectivity index (χ1v) is 9.68. The molecule has 0 spiro atoms. The maximum atomic E-state index is 13.9. The van der Waals surface area contributed by atoms with Crippen LogP contribution in [-0.2, 0) is 9.73 Å². The predicted octanol–water partition coefficient (Wildman–Crippen LogP) is 5.19. The van der Waals surface area contributed by atoms with Gasteiger partial charge >= 0.3 is 0 Å². The molecule has 0 bridgehead atoms. The first-order valence-electron chi connectivity index (χ1n) is 8.10. The van der Waals surface area contributed by atoms with Crippen LogP contribution in [0.2, 0.25) is 0 Å². The molecule has 0 aromatic heterocycles. The van der Waals surface area contributed by atoms with Gasteiger partial charge in [-0.15, -0.1) is 0 Å². The minimum atomic E-state index is -2.37. The molecule has 1 heterocycles. The summed E-state index contributed by atoms with van der Waals surface area (Å²) in [5.41, 5.74) is 3.44. The molecule has 0 unspecified atom stereocenters. The Hall–Kier alpha value is -1.61. The summed E-state index contributed by atoms with van der Waals surface area (Å²) in [5.74, 6) is 0.399. The highest BCUT2D eigenvalue weighted by Crippen LogP contribution is 2.47. The van der Waals surface area contributed by atoms with E-state index in [9.17, 15) is 4.21 Å². The van der Waals surface area contributed by atoms with E-state index in [0.717, 1.165) is 23.4 Å². The lowest BCUT2D eigenvalue weighted by molar-refractivity contribution is 0.442. The molecule has 114 valence electrons. The molecule has 22 heavy (non-hydrogen) atoms. The minimum Gasteiger partial charge on any atom is -0.244 e. The van der Waals surface area contributed by atoms with Gasteiger partial charge in [-0.05, 0) is 43.5 Å². The number of fused-ring (bicyclic) bond motifs is 3. The van der Waals surface area contributed by atoms with Crippen molar-refractivity contribution in [2.45, 2.75) is 48.7 Å². The van der Waals surface area contributed by atoms with Crippen molar-refractivity contribution in [3.8, 4) is 0 Å². The summed E-state index contributed by atoms with van der Waals surface area (Å²) in [7, 11) is -2.37. The average molecular weight is 311 g/mol. The van der Waals surface area contributed by atoms with Gasteiger partial charge in [0.2, 0.25) is 0 Å². The zero-order chi connectivity index (χ0) is 15.2. The number of hydrogen-bond acceptors (Lipinski definition) is 2. The predicted molar refractivity (Wildman–Crippen MR) is 91.1 cm³/mol. The summed E-state index contributed by atoms with van der Waals surface area (Å²) in [4.78, 5) is 0.907. The number of benzene rings is 2. The van der Waals surface area contributed by atoms with Gasteiger partial charge in [0.25, 0.3) is 0 Å². The lowest BCUT2D eigenvalue weighted by atomic mass is 9.83. The van der Waals surface area contributed by atoms with Gasteiger partial charge < -0.3 is 0 Å². The van der Waals surface area contributed by atoms with Crippen molar-refractivity contribution >= 4 is 15.4 Å². The molecule has 3 atom stereocenters. The molecule has 1 aliphatic heterocycles. The monoisotopic (exact) mass is 311 g/mol. The quantitative estimate of drug-likeness (QED) is 0.712. The third kappa shape index (κ3) is 2.11. The van der Waals surface area contributed by atoms with Gasteiger partial charge in [-0.25, -0.2) is 4.21 Å². The minimum absolute atomic E-state index is 0.166. The van der Waals surface area contributed by atoms with E-state index in [1.807, 2.05) is 24.3 Å². The van der Waals surface area contributed by atoms with Crippen LogP contribution in [0.25, 0.3) is 0 Å². The van der Waals surface area contributed by atoms with Gasteiger partial charge in [-0.1, -0.05) is 48.7 Å². The van der Waals surface area contributed by atoms with E-state index in [0.29, 0.717) is 5.92 Å². The van der Waals surface area contributed by atoms with E-state index in [-0.39, 0.29) is 5.25 Å². The zero-order valence-electron chi connectivity index (χ0n) is 12.9. The van der Waals surface area contributed by atoms with E-state index in [1.54, 1.807) is 0 Å². The summed E-state index contributed by atoms with van der Waals surface area (Å²) < 4.78 is 18.7. The largest absolute Gasteiger partial charge is 0.244 e. The maximum Gasteiger partial charge on any atom is 0.0835 e. The second-order valence-electron chi connectivity index (χ2n) is 6.46. The van der Waals surface area contributed by atoms with E-state index < -0.39 is 9.73 Å². The van der Waals surface area contributed by atoms with E-state index >= 15 is 0 Å². The number of rotatable bonds is 1. The molecule has 2 nitrogen and oxygen atoms in total. The first kappa shape index (κ1) is 14.0. The van der Waals surface area contributed by atoms with E-state index in [4.69, 9.17) is 4.36 Å². The summed E-state index contributed by atoms with van der Waals surface area (Å²) >= 11 is 0. The Morgan fingerprint density at radius 1 is 1.00 bits per heavy atom. The van der Waals surface area contributed by atoms with E-state index in [2.05, 4.69) is 31.2 Å². The third-order valence-corrected chi connectivity index (χ3v) is 7.84.